The highest BCUT2D eigenvalue weighted by Crippen LogP contribution is 2.17. The van der Waals surface area contributed by atoms with Crippen LogP contribution in [0.3, 0.4) is 0 Å². The molecule has 0 aromatic heterocycles. The summed E-state index contributed by atoms with van der Waals surface area (Å²) in [5.41, 5.74) is 1.14. The van der Waals surface area contributed by atoms with Gasteiger partial charge in [0.2, 0.25) is 10.0 Å². The standard InChI is InChI=1S/C22H24N2O5S/c1-2-12-24-30(26,27)21-7-3-5-18(14-21)22(25)23-15-17-8-10-19(11-9-17)29-16-20-6-4-13-28-20/h1,3,5,7-11,14,20,24H,4,6,12-13,15-16H2,(H,23,25). The lowest BCUT2D eigenvalue weighted by Crippen LogP contribution is -2.25. The van der Waals surface area contributed by atoms with Crippen LogP contribution in [0.4, 0.5) is 0 Å². The number of nitrogens with one attached hydrogen (secondary N) is 2. The Bertz CT molecular complexity index is 1010. The zero-order valence-electron chi connectivity index (χ0n) is 16.5. The van der Waals surface area contributed by atoms with Gasteiger partial charge in [0.15, 0.2) is 0 Å². The highest BCUT2D eigenvalue weighted by molar-refractivity contribution is 7.89. The fourth-order valence-corrected chi connectivity index (χ4v) is 3.96. The van der Waals surface area contributed by atoms with Gasteiger partial charge < -0.3 is 14.8 Å². The molecular formula is C22H24N2O5S. The molecule has 1 unspecified atom stereocenters. The summed E-state index contributed by atoms with van der Waals surface area (Å²) in [7, 11) is -3.76. The van der Waals surface area contributed by atoms with Crippen LogP contribution in [0, 0.1) is 12.3 Å². The molecule has 3 rings (SSSR count). The molecule has 30 heavy (non-hydrogen) atoms. The van der Waals surface area contributed by atoms with E-state index in [2.05, 4.69) is 16.0 Å². The highest BCUT2D eigenvalue weighted by Gasteiger charge is 2.17. The molecule has 1 saturated heterocycles. The summed E-state index contributed by atoms with van der Waals surface area (Å²) < 4.78 is 37.8. The topological polar surface area (TPSA) is 93.7 Å². The van der Waals surface area contributed by atoms with Gasteiger partial charge in [-0.05, 0) is 48.7 Å². The van der Waals surface area contributed by atoms with E-state index in [1.165, 1.54) is 18.2 Å². The molecule has 0 aliphatic carbocycles. The van der Waals surface area contributed by atoms with E-state index in [9.17, 15) is 13.2 Å². The van der Waals surface area contributed by atoms with Crippen molar-refractivity contribution in [2.75, 3.05) is 19.8 Å². The van der Waals surface area contributed by atoms with Gasteiger partial charge in [-0.3, -0.25) is 4.79 Å². The SMILES string of the molecule is C#CCNS(=O)(=O)c1cccc(C(=O)NCc2ccc(OCC3CCCO3)cc2)c1. The van der Waals surface area contributed by atoms with E-state index < -0.39 is 10.0 Å². The lowest BCUT2D eigenvalue weighted by Gasteiger charge is -2.12. The van der Waals surface area contributed by atoms with Crippen molar-refractivity contribution in [3.8, 4) is 18.1 Å². The molecule has 1 aliphatic heterocycles. The van der Waals surface area contributed by atoms with Crippen molar-refractivity contribution in [3.05, 3.63) is 59.7 Å². The van der Waals surface area contributed by atoms with Crippen molar-refractivity contribution in [2.24, 2.45) is 0 Å². The summed E-state index contributed by atoms with van der Waals surface area (Å²) in [6, 6.07) is 13.2. The van der Waals surface area contributed by atoms with Crippen molar-refractivity contribution in [1.82, 2.24) is 10.0 Å². The molecule has 1 heterocycles. The monoisotopic (exact) mass is 428 g/mol. The Hall–Kier alpha value is -2.86. The summed E-state index contributed by atoms with van der Waals surface area (Å²) in [6.07, 6.45) is 7.34. The van der Waals surface area contributed by atoms with Gasteiger partial charge >= 0.3 is 0 Å². The van der Waals surface area contributed by atoms with Gasteiger partial charge in [-0.2, -0.15) is 4.72 Å². The van der Waals surface area contributed by atoms with E-state index in [-0.39, 0.29) is 29.0 Å². The van der Waals surface area contributed by atoms with Crippen LogP contribution in [0.25, 0.3) is 0 Å². The van der Waals surface area contributed by atoms with Crippen LogP contribution in [-0.2, 0) is 21.3 Å². The Labute approximate surface area is 176 Å². The first-order valence-corrected chi connectivity index (χ1v) is 11.1. The third kappa shape index (κ3) is 6.07. The van der Waals surface area contributed by atoms with E-state index in [4.69, 9.17) is 15.9 Å². The Morgan fingerprint density at radius 2 is 2.03 bits per heavy atom. The van der Waals surface area contributed by atoms with E-state index in [1.54, 1.807) is 6.07 Å². The summed E-state index contributed by atoms with van der Waals surface area (Å²) in [4.78, 5) is 12.4. The normalized spacial score (nSPS) is 16.0. The lowest BCUT2D eigenvalue weighted by molar-refractivity contribution is 0.0679. The predicted octanol–water partition coefficient (Wildman–Crippen LogP) is 2.09. The van der Waals surface area contributed by atoms with Gasteiger partial charge in [-0.15, -0.1) is 6.42 Å². The summed E-state index contributed by atoms with van der Waals surface area (Å²) >= 11 is 0. The van der Waals surface area contributed by atoms with Gasteiger partial charge in [-0.1, -0.05) is 24.1 Å². The van der Waals surface area contributed by atoms with Crippen LogP contribution in [0.2, 0.25) is 0 Å². The number of hydrogen-bond acceptors (Lipinski definition) is 5. The average Bonchev–Trinajstić information content (AvgIpc) is 3.29. The second-order valence-electron chi connectivity index (χ2n) is 6.83. The van der Waals surface area contributed by atoms with Gasteiger partial charge in [0.1, 0.15) is 12.4 Å². The van der Waals surface area contributed by atoms with E-state index in [0.717, 1.165) is 30.8 Å². The van der Waals surface area contributed by atoms with Crippen molar-refractivity contribution in [2.45, 2.75) is 30.4 Å². The average molecular weight is 429 g/mol. The quantitative estimate of drug-likeness (QED) is 0.597. The number of ether oxygens (including phenoxy) is 2. The number of hydrogen-bond donors (Lipinski definition) is 2. The second kappa shape index (κ2) is 10.3. The van der Waals surface area contributed by atoms with E-state index in [0.29, 0.717) is 13.2 Å². The maximum atomic E-state index is 12.4. The Balaban J connectivity index is 1.54. The molecule has 2 aromatic carbocycles. The summed E-state index contributed by atoms with van der Waals surface area (Å²) in [6.45, 7) is 1.51. The maximum Gasteiger partial charge on any atom is 0.251 e. The maximum absolute atomic E-state index is 12.4. The number of carbonyl (C=O) groups excluding carboxylic acids is 1. The molecule has 0 bridgehead atoms. The summed E-state index contributed by atoms with van der Waals surface area (Å²) in [5, 5.41) is 2.79. The molecule has 0 saturated carbocycles. The number of rotatable bonds is 9. The van der Waals surface area contributed by atoms with Crippen LogP contribution in [0.15, 0.2) is 53.4 Å². The Kier molecular flexibility index (Phi) is 7.46. The minimum absolute atomic E-state index is 0.0156. The zero-order valence-corrected chi connectivity index (χ0v) is 17.3. The molecule has 2 N–H and O–H groups in total. The Morgan fingerprint density at radius 1 is 1.23 bits per heavy atom. The molecule has 2 aromatic rings. The third-order valence-corrected chi connectivity index (χ3v) is 6.01. The van der Waals surface area contributed by atoms with E-state index >= 15 is 0 Å². The molecule has 1 aliphatic rings. The second-order valence-corrected chi connectivity index (χ2v) is 8.60. The molecule has 1 fully saturated rings. The molecule has 8 heteroatoms. The minimum Gasteiger partial charge on any atom is -0.491 e. The number of terminal acetylenes is 1. The molecule has 0 radical (unpaired) electrons. The fourth-order valence-electron chi connectivity index (χ4n) is 2.98. The van der Waals surface area contributed by atoms with Crippen molar-refractivity contribution >= 4 is 15.9 Å². The Morgan fingerprint density at radius 3 is 2.73 bits per heavy atom. The van der Waals surface area contributed by atoms with Gasteiger partial charge in [0.05, 0.1) is 17.5 Å². The van der Waals surface area contributed by atoms with E-state index in [1.807, 2.05) is 24.3 Å². The van der Waals surface area contributed by atoms with Crippen LogP contribution in [-0.4, -0.2) is 40.2 Å². The predicted molar refractivity (Wildman–Crippen MR) is 113 cm³/mol. The van der Waals surface area contributed by atoms with Crippen LogP contribution in [0.1, 0.15) is 28.8 Å². The molecule has 0 spiro atoms. The highest BCUT2D eigenvalue weighted by atomic mass is 32.2. The first-order chi connectivity index (χ1) is 14.5. The van der Waals surface area contributed by atoms with Crippen LogP contribution >= 0.6 is 0 Å². The molecule has 158 valence electrons. The first kappa shape index (κ1) is 21.8. The zero-order chi connectivity index (χ0) is 21.4. The fraction of sp³-hybridized carbons (Fsp3) is 0.318. The number of carbonyl (C=O) groups is 1. The van der Waals surface area contributed by atoms with Gasteiger partial charge in [0.25, 0.3) is 5.91 Å². The largest absolute Gasteiger partial charge is 0.491 e. The molecule has 7 nitrogen and oxygen atoms in total. The van der Waals surface area contributed by atoms with Crippen LogP contribution in [0.5, 0.6) is 5.75 Å². The van der Waals surface area contributed by atoms with Crippen molar-refractivity contribution in [1.29, 1.82) is 0 Å². The smallest absolute Gasteiger partial charge is 0.251 e. The van der Waals surface area contributed by atoms with Gasteiger partial charge in [0, 0.05) is 18.7 Å². The van der Waals surface area contributed by atoms with Crippen molar-refractivity contribution in [3.63, 3.8) is 0 Å². The van der Waals surface area contributed by atoms with Crippen molar-refractivity contribution < 1.29 is 22.7 Å². The number of amides is 1. The number of sulfonamides is 1. The summed E-state index contributed by atoms with van der Waals surface area (Å²) in [5.74, 6) is 2.59. The molecule has 1 amide bonds. The van der Waals surface area contributed by atoms with Crippen LogP contribution < -0.4 is 14.8 Å². The first-order valence-electron chi connectivity index (χ1n) is 9.63. The van der Waals surface area contributed by atoms with Gasteiger partial charge in [-0.25, -0.2) is 8.42 Å². The molecule has 1 atom stereocenters. The number of benzene rings is 2. The third-order valence-electron chi connectivity index (χ3n) is 4.61. The molecular weight excluding hydrogens is 404 g/mol. The lowest BCUT2D eigenvalue weighted by atomic mass is 10.2. The minimum atomic E-state index is -3.76.